The number of aryl methyl sites for hydroxylation is 1. The van der Waals surface area contributed by atoms with Crippen LogP contribution < -0.4 is 0 Å². The Morgan fingerprint density at radius 2 is 1.76 bits per heavy atom. The highest BCUT2D eigenvalue weighted by Gasteiger charge is 2.07. The van der Waals surface area contributed by atoms with Gasteiger partial charge in [0.1, 0.15) is 0 Å². The van der Waals surface area contributed by atoms with Gasteiger partial charge in [-0.05, 0) is 49.0 Å². The Morgan fingerprint density at radius 1 is 1.04 bits per heavy atom. The molecule has 0 N–H and O–H groups in total. The molecular formula is C23H34O2. The van der Waals surface area contributed by atoms with E-state index >= 15 is 0 Å². The van der Waals surface area contributed by atoms with E-state index in [1.54, 1.807) is 0 Å². The molecule has 0 amide bonds. The van der Waals surface area contributed by atoms with Gasteiger partial charge in [0.2, 0.25) is 0 Å². The summed E-state index contributed by atoms with van der Waals surface area (Å²) in [6.07, 6.45) is 13.5. The third-order valence-corrected chi connectivity index (χ3v) is 4.32. The Bertz CT molecular complexity index is 569. The maximum Gasteiger partial charge on any atom is 0.333 e. The summed E-state index contributed by atoms with van der Waals surface area (Å²) in [6, 6.07) is 6.45. The first kappa shape index (κ1) is 21.2. The van der Waals surface area contributed by atoms with Gasteiger partial charge >= 0.3 is 5.97 Å². The largest absolute Gasteiger partial charge is 0.462 e. The van der Waals surface area contributed by atoms with Gasteiger partial charge in [-0.2, -0.15) is 0 Å². The quantitative estimate of drug-likeness (QED) is 0.243. The van der Waals surface area contributed by atoms with Crippen molar-refractivity contribution in [3.8, 4) is 0 Å². The van der Waals surface area contributed by atoms with Crippen LogP contribution in [0.3, 0.4) is 0 Å². The number of benzene rings is 1. The van der Waals surface area contributed by atoms with Crippen LogP contribution >= 0.6 is 0 Å². The van der Waals surface area contributed by atoms with Gasteiger partial charge in [0.05, 0.1) is 6.61 Å². The molecule has 0 aliphatic heterocycles. The van der Waals surface area contributed by atoms with Gasteiger partial charge < -0.3 is 4.74 Å². The Balaban J connectivity index is 2.71. The molecule has 2 heteroatoms. The predicted molar refractivity (Wildman–Crippen MR) is 109 cm³/mol. The fourth-order valence-electron chi connectivity index (χ4n) is 2.80. The Labute approximate surface area is 154 Å². The van der Waals surface area contributed by atoms with Crippen LogP contribution in [-0.2, 0) is 16.0 Å². The van der Waals surface area contributed by atoms with Crippen molar-refractivity contribution in [1.29, 1.82) is 0 Å². The highest BCUT2D eigenvalue weighted by Crippen LogP contribution is 2.19. The van der Waals surface area contributed by atoms with Gasteiger partial charge in [0, 0.05) is 5.57 Å². The minimum atomic E-state index is -0.238. The summed E-state index contributed by atoms with van der Waals surface area (Å²) in [7, 11) is 0. The van der Waals surface area contributed by atoms with Gasteiger partial charge in [0.25, 0.3) is 0 Å². The molecule has 0 unspecified atom stereocenters. The van der Waals surface area contributed by atoms with Crippen molar-refractivity contribution in [2.75, 3.05) is 6.61 Å². The molecule has 0 atom stereocenters. The lowest BCUT2D eigenvalue weighted by Crippen LogP contribution is -2.06. The topological polar surface area (TPSA) is 26.3 Å². The van der Waals surface area contributed by atoms with Crippen LogP contribution in [0.2, 0.25) is 0 Å². The van der Waals surface area contributed by atoms with Crippen LogP contribution in [0.15, 0.2) is 30.4 Å². The lowest BCUT2D eigenvalue weighted by molar-refractivity contribution is -0.138. The van der Waals surface area contributed by atoms with Crippen molar-refractivity contribution in [2.24, 2.45) is 0 Å². The maximum absolute atomic E-state index is 12.0. The first-order valence-electron chi connectivity index (χ1n) is 9.73. The molecule has 1 aromatic carbocycles. The second-order valence-electron chi connectivity index (χ2n) is 6.65. The Kier molecular flexibility index (Phi) is 10.6. The predicted octanol–water partition coefficient (Wildman–Crippen LogP) is 6.59. The third kappa shape index (κ3) is 8.20. The number of ether oxygens (including phenoxy) is 1. The van der Waals surface area contributed by atoms with E-state index in [0.29, 0.717) is 12.2 Å². The molecule has 1 rings (SSSR count). The second kappa shape index (κ2) is 12.5. The molecule has 0 aliphatic rings. The molecule has 0 saturated heterocycles. The van der Waals surface area contributed by atoms with E-state index < -0.39 is 0 Å². The van der Waals surface area contributed by atoms with E-state index in [1.165, 1.54) is 44.1 Å². The minimum absolute atomic E-state index is 0.238. The Morgan fingerprint density at radius 3 is 2.44 bits per heavy atom. The molecule has 0 spiro atoms. The summed E-state index contributed by atoms with van der Waals surface area (Å²) in [4.78, 5) is 12.0. The lowest BCUT2D eigenvalue weighted by atomic mass is 9.98. The van der Waals surface area contributed by atoms with Gasteiger partial charge in [-0.25, -0.2) is 4.79 Å². The van der Waals surface area contributed by atoms with Crippen molar-refractivity contribution in [3.63, 3.8) is 0 Å². The van der Waals surface area contributed by atoms with Crippen LogP contribution in [0.1, 0.15) is 82.4 Å². The summed E-state index contributed by atoms with van der Waals surface area (Å²) < 4.78 is 5.21. The fourth-order valence-corrected chi connectivity index (χ4v) is 2.80. The van der Waals surface area contributed by atoms with E-state index in [2.05, 4.69) is 31.7 Å². The summed E-state index contributed by atoms with van der Waals surface area (Å²) in [6.45, 7) is 10.4. The molecule has 0 aliphatic carbocycles. The molecule has 0 bridgehead atoms. The zero-order valence-corrected chi connectivity index (χ0v) is 16.3. The van der Waals surface area contributed by atoms with Crippen LogP contribution in [0, 0.1) is 0 Å². The maximum atomic E-state index is 12.0. The summed E-state index contributed by atoms with van der Waals surface area (Å²) in [5.74, 6) is -0.238. The van der Waals surface area contributed by atoms with Crippen molar-refractivity contribution >= 4 is 18.1 Å². The molecule has 0 saturated carbocycles. The highest BCUT2D eigenvalue weighted by atomic mass is 16.5. The number of rotatable bonds is 12. The number of hydrogen-bond donors (Lipinski definition) is 0. The number of esters is 1. The lowest BCUT2D eigenvalue weighted by Gasteiger charge is -2.08. The van der Waals surface area contributed by atoms with Gasteiger partial charge in [-0.15, -0.1) is 0 Å². The number of carbonyl (C=O) groups is 1. The molecule has 0 aromatic heterocycles. The van der Waals surface area contributed by atoms with Crippen molar-refractivity contribution in [1.82, 2.24) is 0 Å². The first-order valence-corrected chi connectivity index (χ1v) is 9.73. The van der Waals surface area contributed by atoms with E-state index in [-0.39, 0.29) is 5.97 Å². The van der Waals surface area contributed by atoms with Gasteiger partial charge in [-0.3, -0.25) is 0 Å². The van der Waals surface area contributed by atoms with Crippen molar-refractivity contribution < 1.29 is 9.53 Å². The summed E-state index contributed by atoms with van der Waals surface area (Å²) in [5.41, 5.74) is 4.05. The highest BCUT2D eigenvalue weighted by molar-refractivity contribution is 5.93. The number of unbranched alkanes of at least 4 members (excludes halogenated alkanes) is 5. The summed E-state index contributed by atoms with van der Waals surface area (Å²) >= 11 is 0. The molecule has 25 heavy (non-hydrogen) atoms. The number of carbonyl (C=O) groups excluding carboxylic acids is 1. The van der Waals surface area contributed by atoms with E-state index in [4.69, 9.17) is 4.74 Å². The zero-order valence-electron chi connectivity index (χ0n) is 16.3. The van der Waals surface area contributed by atoms with E-state index in [0.717, 1.165) is 24.0 Å². The second-order valence-corrected chi connectivity index (χ2v) is 6.65. The smallest absolute Gasteiger partial charge is 0.333 e. The van der Waals surface area contributed by atoms with Crippen LogP contribution in [0.5, 0.6) is 0 Å². The van der Waals surface area contributed by atoms with Crippen LogP contribution in [0.25, 0.3) is 12.2 Å². The molecular weight excluding hydrogens is 308 g/mol. The molecule has 138 valence electrons. The Hall–Kier alpha value is -1.83. The molecule has 0 fully saturated rings. The molecule has 2 nitrogen and oxygen atoms in total. The monoisotopic (exact) mass is 342 g/mol. The average Bonchev–Trinajstić information content (AvgIpc) is 2.62. The normalized spacial score (nSPS) is 11.4. The third-order valence-electron chi connectivity index (χ3n) is 4.32. The van der Waals surface area contributed by atoms with E-state index in [1.807, 2.05) is 26.0 Å². The van der Waals surface area contributed by atoms with Crippen LogP contribution in [0.4, 0.5) is 0 Å². The SMILES string of the molecule is C=Cc1ccc(CCCCCCCC)cc1/C=C(\C)C(=O)OCCC. The molecule has 1 aromatic rings. The fraction of sp³-hybridized carbons (Fsp3) is 0.522. The average molecular weight is 343 g/mol. The van der Waals surface area contributed by atoms with Crippen molar-refractivity contribution in [3.05, 3.63) is 47.0 Å². The van der Waals surface area contributed by atoms with Gasteiger partial charge in [-0.1, -0.05) is 76.8 Å². The standard InChI is InChI=1S/C23H34O2/c1-5-8-9-10-11-12-13-20-14-15-21(7-3)22(18-20)17-19(4)23(24)25-16-6-2/h7,14-15,17-18H,3,5-6,8-13,16H2,1-2,4H3/b19-17+. The first-order chi connectivity index (χ1) is 12.1. The number of hydrogen-bond acceptors (Lipinski definition) is 2. The molecule has 0 heterocycles. The van der Waals surface area contributed by atoms with Crippen molar-refractivity contribution in [2.45, 2.75) is 72.1 Å². The summed E-state index contributed by atoms with van der Waals surface area (Å²) in [5, 5.41) is 0. The van der Waals surface area contributed by atoms with Crippen LogP contribution in [-0.4, -0.2) is 12.6 Å². The molecule has 0 radical (unpaired) electrons. The zero-order chi connectivity index (χ0) is 18.5. The van der Waals surface area contributed by atoms with Gasteiger partial charge in [0.15, 0.2) is 0 Å². The van der Waals surface area contributed by atoms with E-state index in [9.17, 15) is 4.79 Å². The minimum Gasteiger partial charge on any atom is -0.462 e.